The topological polar surface area (TPSA) is 52.7 Å². The van der Waals surface area contributed by atoms with Gasteiger partial charge in [-0.15, -0.1) is 0 Å². The Morgan fingerprint density at radius 3 is 2.11 bits per heavy atom. The Bertz CT molecular complexity index is 1050. The molecular formula is C28H34F3N3O2. The summed E-state index contributed by atoms with van der Waals surface area (Å²) < 4.78 is 40.3. The lowest BCUT2D eigenvalue weighted by Gasteiger charge is -2.41. The monoisotopic (exact) mass is 501 g/mol. The van der Waals surface area contributed by atoms with Crippen molar-refractivity contribution in [2.75, 3.05) is 31.5 Å². The highest BCUT2D eigenvalue weighted by atomic mass is 19.4. The molecule has 1 aliphatic carbocycles. The molecule has 2 aromatic carbocycles. The van der Waals surface area contributed by atoms with Crippen LogP contribution in [0.4, 0.5) is 18.9 Å². The van der Waals surface area contributed by atoms with Gasteiger partial charge >= 0.3 is 6.18 Å². The van der Waals surface area contributed by atoms with Gasteiger partial charge in [-0.2, -0.15) is 13.2 Å². The van der Waals surface area contributed by atoms with Crippen molar-refractivity contribution in [3.63, 3.8) is 0 Å². The van der Waals surface area contributed by atoms with Crippen LogP contribution in [0.2, 0.25) is 0 Å². The number of alkyl halides is 3. The fourth-order valence-electron chi connectivity index (χ4n) is 5.41. The molecule has 1 saturated heterocycles. The van der Waals surface area contributed by atoms with Crippen LogP contribution >= 0.6 is 0 Å². The summed E-state index contributed by atoms with van der Waals surface area (Å²) in [6.07, 6.45) is -0.466. The fraction of sp³-hybridized carbons (Fsp3) is 0.500. The number of nitrogens with one attached hydrogen (secondary N) is 1. The normalized spacial score (nSPS) is 18.4. The van der Waals surface area contributed by atoms with Gasteiger partial charge in [0.1, 0.15) is 0 Å². The summed E-state index contributed by atoms with van der Waals surface area (Å²) in [5.74, 6) is -0.0349. The largest absolute Gasteiger partial charge is 0.417 e. The summed E-state index contributed by atoms with van der Waals surface area (Å²) >= 11 is 0. The summed E-state index contributed by atoms with van der Waals surface area (Å²) in [4.78, 5) is 30.0. The second kappa shape index (κ2) is 11.0. The minimum atomic E-state index is -4.59. The zero-order valence-corrected chi connectivity index (χ0v) is 20.9. The van der Waals surface area contributed by atoms with Gasteiger partial charge in [0, 0.05) is 31.9 Å². The average molecular weight is 502 g/mol. The second-order valence-electron chi connectivity index (χ2n) is 10.1. The van der Waals surface area contributed by atoms with Crippen LogP contribution in [0.3, 0.4) is 0 Å². The fourth-order valence-corrected chi connectivity index (χ4v) is 5.41. The van der Waals surface area contributed by atoms with E-state index in [2.05, 4.69) is 24.1 Å². The Hall–Kier alpha value is -2.87. The standard InChI is InChI=1S/C28H34F3N3O2/c1-19(2)20-11-13-22(14-12-20)32-26(35)25(21-7-3-4-8-21)33-15-17-34(18-16-33)27(36)23-9-5-6-10-24(23)28(29,30)31/h5-6,9-14,19,21,25H,3-4,7-8,15-18H2,1-2H3,(H,32,35). The van der Waals surface area contributed by atoms with Crippen LogP contribution in [0, 0.1) is 5.92 Å². The zero-order chi connectivity index (χ0) is 25.9. The van der Waals surface area contributed by atoms with E-state index >= 15 is 0 Å². The molecule has 0 aromatic heterocycles. The molecule has 0 radical (unpaired) electrons. The number of rotatable bonds is 6. The van der Waals surface area contributed by atoms with Crippen molar-refractivity contribution in [3.8, 4) is 0 Å². The highest BCUT2D eigenvalue weighted by Crippen LogP contribution is 2.34. The van der Waals surface area contributed by atoms with Crippen LogP contribution in [0.5, 0.6) is 0 Å². The van der Waals surface area contributed by atoms with E-state index in [1.54, 1.807) is 0 Å². The number of nitrogens with zero attached hydrogens (tertiary/aromatic N) is 2. The van der Waals surface area contributed by atoms with Crippen LogP contribution in [-0.4, -0.2) is 53.8 Å². The molecule has 8 heteroatoms. The van der Waals surface area contributed by atoms with Crippen LogP contribution in [0.25, 0.3) is 0 Å². The van der Waals surface area contributed by atoms with E-state index < -0.39 is 17.6 Å². The van der Waals surface area contributed by atoms with E-state index in [0.29, 0.717) is 19.0 Å². The summed E-state index contributed by atoms with van der Waals surface area (Å²) in [5, 5.41) is 3.08. The minimum Gasteiger partial charge on any atom is -0.336 e. The molecule has 4 rings (SSSR count). The van der Waals surface area contributed by atoms with Crippen molar-refractivity contribution in [2.45, 2.75) is 57.7 Å². The maximum absolute atomic E-state index is 13.5. The average Bonchev–Trinajstić information content (AvgIpc) is 3.38. The number of piperazine rings is 1. The van der Waals surface area contributed by atoms with E-state index in [-0.39, 0.29) is 36.5 Å². The Morgan fingerprint density at radius 2 is 1.53 bits per heavy atom. The van der Waals surface area contributed by atoms with Crippen molar-refractivity contribution in [2.24, 2.45) is 5.92 Å². The van der Waals surface area contributed by atoms with Crippen LogP contribution < -0.4 is 5.32 Å². The molecular weight excluding hydrogens is 467 g/mol. The van der Waals surface area contributed by atoms with Gasteiger partial charge in [-0.25, -0.2) is 0 Å². The Morgan fingerprint density at radius 1 is 0.917 bits per heavy atom. The van der Waals surface area contributed by atoms with E-state index in [4.69, 9.17) is 0 Å². The van der Waals surface area contributed by atoms with Crippen LogP contribution in [0.1, 0.15) is 66.9 Å². The lowest BCUT2D eigenvalue weighted by atomic mass is 9.94. The zero-order valence-electron chi connectivity index (χ0n) is 20.9. The molecule has 1 atom stereocenters. The predicted octanol–water partition coefficient (Wildman–Crippen LogP) is 5.78. The summed E-state index contributed by atoms with van der Waals surface area (Å²) in [6.45, 7) is 5.70. The molecule has 36 heavy (non-hydrogen) atoms. The van der Waals surface area contributed by atoms with E-state index in [0.717, 1.165) is 37.4 Å². The minimum absolute atomic E-state index is 0.0543. The molecule has 1 unspecified atom stereocenters. The first-order valence-electron chi connectivity index (χ1n) is 12.8. The SMILES string of the molecule is CC(C)c1ccc(NC(=O)C(C2CCCC2)N2CCN(C(=O)c3ccccc3C(F)(F)F)CC2)cc1. The summed E-state index contributed by atoms with van der Waals surface area (Å²) in [6, 6.07) is 12.5. The third-order valence-corrected chi connectivity index (χ3v) is 7.42. The molecule has 2 aromatic rings. The number of halogens is 3. The van der Waals surface area contributed by atoms with E-state index in [1.165, 1.54) is 28.7 Å². The van der Waals surface area contributed by atoms with Gasteiger partial charge < -0.3 is 10.2 Å². The van der Waals surface area contributed by atoms with Crippen molar-refractivity contribution in [1.82, 2.24) is 9.80 Å². The van der Waals surface area contributed by atoms with Gasteiger partial charge in [0.15, 0.2) is 0 Å². The number of anilines is 1. The molecule has 2 aliphatic rings. The van der Waals surface area contributed by atoms with Crippen molar-refractivity contribution in [1.29, 1.82) is 0 Å². The van der Waals surface area contributed by atoms with Gasteiger partial charge in [0.05, 0.1) is 17.2 Å². The van der Waals surface area contributed by atoms with Crippen molar-refractivity contribution >= 4 is 17.5 Å². The predicted molar refractivity (Wildman–Crippen MR) is 134 cm³/mol. The third kappa shape index (κ3) is 5.91. The maximum Gasteiger partial charge on any atom is 0.417 e. The van der Waals surface area contributed by atoms with Crippen molar-refractivity contribution < 1.29 is 22.8 Å². The number of hydrogen-bond donors (Lipinski definition) is 1. The van der Waals surface area contributed by atoms with E-state index in [1.807, 2.05) is 24.3 Å². The molecule has 1 heterocycles. The second-order valence-corrected chi connectivity index (χ2v) is 10.1. The number of hydrogen-bond acceptors (Lipinski definition) is 3. The molecule has 1 aliphatic heterocycles. The molecule has 1 saturated carbocycles. The summed E-state index contributed by atoms with van der Waals surface area (Å²) in [7, 11) is 0. The number of carbonyl (C=O) groups excluding carboxylic acids is 2. The Labute approximate surface area is 210 Å². The molecule has 2 amide bonds. The number of carbonyl (C=O) groups is 2. The molecule has 0 bridgehead atoms. The van der Waals surface area contributed by atoms with Gasteiger partial charge in [-0.1, -0.05) is 51.0 Å². The van der Waals surface area contributed by atoms with Crippen LogP contribution in [0.15, 0.2) is 48.5 Å². The first-order chi connectivity index (χ1) is 17.1. The van der Waals surface area contributed by atoms with Crippen LogP contribution in [-0.2, 0) is 11.0 Å². The van der Waals surface area contributed by atoms with Gasteiger partial charge in [-0.05, 0) is 54.5 Å². The quantitative estimate of drug-likeness (QED) is 0.546. The third-order valence-electron chi connectivity index (χ3n) is 7.42. The lowest BCUT2D eigenvalue weighted by Crippen LogP contribution is -2.57. The Balaban J connectivity index is 1.45. The highest BCUT2D eigenvalue weighted by molar-refractivity contribution is 5.96. The van der Waals surface area contributed by atoms with Crippen molar-refractivity contribution in [3.05, 3.63) is 65.2 Å². The smallest absolute Gasteiger partial charge is 0.336 e. The van der Waals surface area contributed by atoms with Gasteiger partial charge in [-0.3, -0.25) is 14.5 Å². The number of benzene rings is 2. The first kappa shape index (κ1) is 26.2. The van der Waals surface area contributed by atoms with E-state index in [9.17, 15) is 22.8 Å². The lowest BCUT2D eigenvalue weighted by molar-refractivity contribution is -0.138. The first-order valence-corrected chi connectivity index (χ1v) is 12.8. The summed E-state index contributed by atoms with van der Waals surface area (Å²) in [5.41, 5.74) is 0.718. The van der Waals surface area contributed by atoms with Gasteiger partial charge in [0.2, 0.25) is 5.91 Å². The molecule has 5 nitrogen and oxygen atoms in total. The molecule has 2 fully saturated rings. The van der Waals surface area contributed by atoms with Gasteiger partial charge in [0.25, 0.3) is 5.91 Å². The highest BCUT2D eigenvalue weighted by Gasteiger charge is 2.39. The number of amides is 2. The molecule has 194 valence electrons. The Kier molecular flexibility index (Phi) is 8.03. The molecule has 1 N–H and O–H groups in total. The molecule has 0 spiro atoms. The maximum atomic E-state index is 13.5.